The Bertz CT molecular complexity index is 388. The molecule has 0 aromatic carbocycles. The van der Waals surface area contributed by atoms with Crippen molar-refractivity contribution in [3.8, 4) is 0 Å². The van der Waals surface area contributed by atoms with E-state index < -0.39 is 0 Å². The van der Waals surface area contributed by atoms with Crippen molar-refractivity contribution in [1.29, 1.82) is 0 Å². The van der Waals surface area contributed by atoms with Gasteiger partial charge in [0.1, 0.15) is 0 Å². The van der Waals surface area contributed by atoms with Gasteiger partial charge < -0.3 is 10.6 Å². The zero-order valence-corrected chi connectivity index (χ0v) is 10.2. The van der Waals surface area contributed by atoms with Crippen molar-refractivity contribution in [3.63, 3.8) is 0 Å². The number of carbonyl (C=O) groups excluding carboxylic acids is 1. The number of rotatable bonds is 6. The molecule has 2 N–H and O–H groups in total. The standard InChI is InChI=1S/C13H19N3O/c1-10-8-14-6-4-11(10)9-15-7-5-13(17)16-12-2-3-12/h4,6,8,12,15H,2-3,5,7,9H2,1H3,(H,16,17). The fourth-order valence-corrected chi connectivity index (χ4v) is 1.65. The van der Waals surface area contributed by atoms with Crippen LogP contribution in [0.3, 0.4) is 0 Å². The molecule has 1 heterocycles. The van der Waals surface area contributed by atoms with E-state index in [0.29, 0.717) is 12.5 Å². The normalized spacial score (nSPS) is 14.6. The van der Waals surface area contributed by atoms with E-state index in [1.807, 2.05) is 19.2 Å². The number of pyridine rings is 1. The second kappa shape index (κ2) is 5.77. The molecule has 0 bridgehead atoms. The Morgan fingerprint density at radius 1 is 1.53 bits per heavy atom. The van der Waals surface area contributed by atoms with Gasteiger partial charge >= 0.3 is 0 Å². The molecular weight excluding hydrogens is 214 g/mol. The first kappa shape index (κ1) is 12.0. The predicted molar refractivity (Wildman–Crippen MR) is 66.5 cm³/mol. The van der Waals surface area contributed by atoms with E-state index in [0.717, 1.165) is 25.9 Å². The molecule has 1 aliphatic rings. The maximum absolute atomic E-state index is 11.4. The summed E-state index contributed by atoms with van der Waals surface area (Å²) < 4.78 is 0. The molecule has 0 atom stereocenters. The summed E-state index contributed by atoms with van der Waals surface area (Å²) in [6.07, 6.45) is 6.51. The third-order valence-electron chi connectivity index (χ3n) is 2.92. The van der Waals surface area contributed by atoms with Gasteiger partial charge in [0.15, 0.2) is 0 Å². The van der Waals surface area contributed by atoms with Crippen LogP contribution in [-0.4, -0.2) is 23.5 Å². The Labute approximate surface area is 102 Å². The van der Waals surface area contributed by atoms with Crippen LogP contribution < -0.4 is 10.6 Å². The highest BCUT2D eigenvalue weighted by Gasteiger charge is 2.22. The van der Waals surface area contributed by atoms with Crippen LogP contribution >= 0.6 is 0 Å². The van der Waals surface area contributed by atoms with Crippen LogP contribution in [0.2, 0.25) is 0 Å². The van der Waals surface area contributed by atoms with Gasteiger partial charge in [-0.2, -0.15) is 0 Å². The molecule has 1 saturated carbocycles. The summed E-state index contributed by atoms with van der Waals surface area (Å²) in [4.78, 5) is 15.5. The summed E-state index contributed by atoms with van der Waals surface area (Å²) in [5.74, 6) is 0.159. The van der Waals surface area contributed by atoms with Crippen LogP contribution in [-0.2, 0) is 11.3 Å². The van der Waals surface area contributed by atoms with Crippen molar-refractivity contribution >= 4 is 5.91 Å². The highest BCUT2D eigenvalue weighted by atomic mass is 16.1. The Kier molecular flexibility index (Phi) is 4.09. The van der Waals surface area contributed by atoms with Crippen LogP contribution in [0.15, 0.2) is 18.5 Å². The van der Waals surface area contributed by atoms with E-state index in [-0.39, 0.29) is 5.91 Å². The molecule has 0 saturated heterocycles. The molecule has 0 radical (unpaired) electrons. The average molecular weight is 233 g/mol. The van der Waals surface area contributed by atoms with E-state index in [4.69, 9.17) is 0 Å². The van der Waals surface area contributed by atoms with Gasteiger partial charge in [-0.25, -0.2) is 0 Å². The summed E-state index contributed by atoms with van der Waals surface area (Å²) in [5, 5.41) is 6.25. The minimum absolute atomic E-state index is 0.159. The maximum atomic E-state index is 11.4. The molecule has 0 aliphatic heterocycles. The monoisotopic (exact) mass is 233 g/mol. The molecule has 0 unspecified atom stereocenters. The van der Waals surface area contributed by atoms with E-state index in [9.17, 15) is 4.79 Å². The third-order valence-corrected chi connectivity index (χ3v) is 2.92. The lowest BCUT2D eigenvalue weighted by Gasteiger charge is -2.07. The van der Waals surface area contributed by atoms with Crippen LogP contribution in [0, 0.1) is 6.92 Å². The number of carbonyl (C=O) groups is 1. The first-order valence-corrected chi connectivity index (χ1v) is 6.15. The largest absolute Gasteiger partial charge is 0.353 e. The number of aromatic nitrogens is 1. The molecule has 1 aromatic rings. The van der Waals surface area contributed by atoms with Gasteiger partial charge in [-0.1, -0.05) is 0 Å². The van der Waals surface area contributed by atoms with Gasteiger partial charge in [-0.05, 0) is 37.0 Å². The van der Waals surface area contributed by atoms with Crippen molar-refractivity contribution in [1.82, 2.24) is 15.6 Å². The molecule has 1 amide bonds. The Balaban J connectivity index is 1.62. The van der Waals surface area contributed by atoms with Gasteiger partial charge in [-0.3, -0.25) is 9.78 Å². The van der Waals surface area contributed by atoms with E-state index >= 15 is 0 Å². The lowest BCUT2D eigenvalue weighted by molar-refractivity contribution is -0.121. The maximum Gasteiger partial charge on any atom is 0.221 e. The number of nitrogens with one attached hydrogen (secondary N) is 2. The summed E-state index contributed by atoms with van der Waals surface area (Å²) in [5.41, 5.74) is 2.42. The summed E-state index contributed by atoms with van der Waals surface area (Å²) in [6.45, 7) is 3.56. The van der Waals surface area contributed by atoms with Crippen molar-refractivity contribution < 1.29 is 4.79 Å². The van der Waals surface area contributed by atoms with Crippen molar-refractivity contribution in [2.45, 2.75) is 38.8 Å². The quantitative estimate of drug-likeness (QED) is 0.725. The summed E-state index contributed by atoms with van der Waals surface area (Å²) in [6, 6.07) is 2.47. The lowest BCUT2D eigenvalue weighted by atomic mass is 10.1. The summed E-state index contributed by atoms with van der Waals surface area (Å²) >= 11 is 0. The minimum atomic E-state index is 0.159. The molecule has 4 heteroatoms. The molecule has 1 aliphatic carbocycles. The molecule has 4 nitrogen and oxygen atoms in total. The zero-order chi connectivity index (χ0) is 12.1. The number of nitrogens with zero attached hydrogens (tertiary/aromatic N) is 1. The van der Waals surface area contributed by atoms with Crippen molar-refractivity contribution in [2.24, 2.45) is 0 Å². The fraction of sp³-hybridized carbons (Fsp3) is 0.538. The molecular formula is C13H19N3O. The SMILES string of the molecule is Cc1cnccc1CNCCC(=O)NC1CC1. The number of hydrogen-bond acceptors (Lipinski definition) is 3. The van der Waals surface area contributed by atoms with Crippen molar-refractivity contribution in [3.05, 3.63) is 29.6 Å². The molecule has 92 valence electrons. The first-order valence-electron chi connectivity index (χ1n) is 6.15. The zero-order valence-electron chi connectivity index (χ0n) is 10.2. The van der Waals surface area contributed by atoms with Gasteiger partial charge in [-0.15, -0.1) is 0 Å². The molecule has 1 aromatic heterocycles. The Morgan fingerprint density at radius 3 is 3.06 bits per heavy atom. The summed E-state index contributed by atoms with van der Waals surface area (Å²) in [7, 11) is 0. The third kappa shape index (κ3) is 4.15. The lowest BCUT2D eigenvalue weighted by Crippen LogP contribution is -2.29. The van der Waals surface area contributed by atoms with Crippen LogP contribution in [0.1, 0.15) is 30.4 Å². The highest BCUT2D eigenvalue weighted by Crippen LogP contribution is 2.18. The smallest absolute Gasteiger partial charge is 0.221 e. The van der Waals surface area contributed by atoms with Crippen LogP contribution in [0.5, 0.6) is 0 Å². The molecule has 2 rings (SSSR count). The number of hydrogen-bond donors (Lipinski definition) is 2. The molecule has 17 heavy (non-hydrogen) atoms. The Morgan fingerprint density at radius 2 is 2.35 bits per heavy atom. The van der Waals surface area contributed by atoms with Crippen LogP contribution in [0.4, 0.5) is 0 Å². The van der Waals surface area contributed by atoms with Crippen LogP contribution in [0.25, 0.3) is 0 Å². The van der Waals surface area contributed by atoms with Gasteiger partial charge in [0, 0.05) is 37.9 Å². The van der Waals surface area contributed by atoms with Gasteiger partial charge in [0.25, 0.3) is 0 Å². The number of amides is 1. The van der Waals surface area contributed by atoms with E-state index in [1.165, 1.54) is 11.1 Å². The van der Waals surface area contributed by atoms with Crippen molar-refractivity contribution in [2.75, 3.05) is 6.54 Å². The second-order valence-electron chi connectivity index (χ2n) is 4.57. The average Bonchev–Trinajstić information content (AvgIpc) is 3.10. The highest BCUT2D eigenvalue weighted by molar-refractivity contribution is 5.76. The second-order valence-corrected chi connectivity index (χ2v) is 4.57. The minimum Gasteiger partial charge on any atom is -0.353 e. The first-order chi connectivity index (χ1) is 8.25. The van der Waals surface area contributed by atoms with Gasteiger partial charge in [0.05, 0.1) is 0 Å². The predicted octanol–water partition coefficient (Wildman–Crippen LogP) is 1.15. The van der Waals surface area contributed by atoms with E-state index in [1.54, 1.807) is 6.20 Å². The molecule has 1 fully saturated rings. The van der Waals surface area contributed by atoms with E-state index in [2.05, 4.69) is 15.6 Å². The molecule has 0 spiro atoms. The Hall–Kier alpha value is -1.42. The van der Waals surface area contributed by atoms with Gasteiger partial charge in [0.2, 0.25) is 5.91 Å². The fourth-order valence-electron chi connectivity index (χ4n) is 1.65. The number of aryl methyl sites for hydroxylation is 1. The topological polar surface area (TPSA) is 54.0 Å².